The fraction of sp³-hybridized carbons (Fsp3) is 0.250. The van der Waals surface area contributed by atoms with Gasteiger partial charge in [-0.15, -0.1) is 10.2 Å². The monoisotopic (exact) mass is 402 g/mol. The molecule has 0 N–H and O–H groups in total. The fourth-order valence-corrected chi connectivity index (χ4v) is 2.62. The van der Waals surface area contributed by atoms with Crippen molar-refractivity contribution in [3.63, 3.8) is 0 Å². The Hall–Kier alpha value is -3.06. The van der Waals surface area contributed by atoms with E-state index < -0.39 is 0 Å². The number of hydrogen-bond acceptors (Lipinski definition) is 7. The number of aromatic nitrogens is 2. The first kappa shape index (κ1) is 19.7. The predicted molar refractivity (Wildman–Crippen MR) is 102 cm³/mol. The molecule has 0 fully saturated rings. The molecule has 0 saturated heterocycles. The topological polar surface area (TPSA) is 83.7 Å². The lowest BCUT2D eigenvalue weighted by Crippen LogP contribution is -2.06. The van der Waals surface area contributed by atoms with Gasteiger partial charge < -0.3 is 18.6 Å². The number of aryl methyl sites for hydroxylation is 1. The Morgan fingerprint density at radius 3 is 2.36 bits per heavy atom. The summed E-state index contributed by atoms with van der Waals surface area (Å²) in [6, 6.07) is 12.5. The van der Waals surface area contributed by atoms with Gasteiger partial charge in [0, 0.05) is 23.1 Å². The van der Waals surface area contributed by atoms with Gasteiger partial charge in [-0.1, -0.05) is 11.6 Å². The summed E-state index contributed by atoms with van der Waals surface area (Å²) in [5.74, 6) is 1.53. The van der Waals surface area contributed by atoms with Crippen LogP contribution in [0.15, 0.2) is 46.9 Å². The van der Waals surface area contributed by atoms with Crippen LogP contribution in [0.1, 0.15) is 17.9 Å². The van der Waals surface area contributed by atoms with E-state index in [1.165, 1.54) is 0 Å². The van der Waals surface area contributed by atoms with E-state index in [0.29, 0.717) is 28.8 Å². The summed E-state index contributed by atoms with van der Waals surface area (Å²) in [6.07, 6.45) is 0.695. The second-order valence-electron chi connectivity index (χ2n) is 5.89. The second-order valence-corrected chi connectivity index (χ2v) is 6.33. The first-order chi connectivity index (χ1) is 13.6. The van der Waals surface area contributed by atoms with Gasteiger partial charge in [0.05, 0.1) is 14.2 Å². The minimum atomic E-state index is -0.368. The SMILES string of the molecule is COc1cc(CCC(=O)OCc2nnc(-c3ccc(Cl)cc3)o2)cc(OC)c1. The largest absolute Gasteiger partial charge is 0.497 e. The van der Waals surface area contributed by atoms with Gasteiger partial charge in [-0.25, -0.2) is 0 Å². The van der Waals surface area contributed by atoms with Gasteiger partial charge in [-0.3, -0.25) is 4.79 Å². The summed E-state index contributed by atoms with van der Waals surface area (Å²) in [5, 5.41) is 8.45. The summed E-state index contributed by atoms with van der Waals surface area (Å²) in [4.78, 5) is 12.0. The van der Waals surface area contributed by atoms with Gasteiger partial charge in [0.1, 0.15) is 11.5 Å². The van der Waals surface area contributed by atoms with E-state index in [-0.39, 0.29) is 24.9 Å². The number of carbonyl (C=O) groups excluding carboxylic acids is 1. The lowest BCUT2D eigenvalue weighted by Gasteiger charge is -2.08. The smallest absolute Gasteiger partial charge is 0.306 e. The van der Waals surface area contributed by atoms with Crippen molar-refractivity contribution in [3.8, 4) is 23.0 Å². The number of nitrogens with zero attached hydrogens (tertiary/aromatic N) is 2. The van der Waals surface area contributed by atoms with Gasteiger partial charge in [-0.2, -0.15) is 0 Å². The third kappa shape index (κ3) is 5.23. The minimum Gasteiger partial charge on any atom is -0.497 e. The molecule has 0 radical (unpaired) electrons. The molecule has 0 amide bonds. The molecule has 0 bridgehead atoms. The van der Waals surface area contributed by atoms with Crippen LogP contribution in [0.4, 0.5) is 0 Å². The molecule has 0 saturated carbocycles. The molecule has 7 nitrogen and oxygen atoms in total. The molecule has 0 unspecified atom stereocenters. The molecular formula is C20H19ClN2O5. The van der Waals surface area contributed by atoms with E-state index >= 15 is 0 Å². The number of methoxy groups -OCH3 is 2. The maximum absolute atomic E-state index is 12.0. The van der Waals surface area contributed by atoms with Crippen LogP contribution in [-0.4, -0.2) is 30.4 Å². The van der Waals surface area contributed by atoms with E-state index in [4.69, 9.17) is 30.2 Å². The normalized spacial score (nSPS) is 10.5. The zero-order valence-electron chi connectivity index (χ0n) is 15.5. The maximum atomic E-state index is 12.0. The summed E-state index contributed by atoms with van der Waals surface area (Å²) >= 11 is 5.86. The first-order valence-electron chi connectivity index (χ1n) is 8.53. The highest BCUT2D eigenvalue weighted by Gasteiger charge is 2.12. The molecule has 146 valence electrons. The van der Waals surface area contributed by atoms with Crippen molar-refractivity contribution in [2.75, 3.05) is 14.2 Å². The first-order valence-corrected chi connectivity index (χ1v) is 8.91. The second kappa shape index (κ2) is 9.23. The Kier molecular flexibility index (Phi) is 6.49. The zero-order chi connectivity index (χ0) is 19.9. The van der Waals surface area contributed by atoms with Crippen LogP contribution < -0.4 is 9.47 Å². The molecular weight excluding hydrogens is 384 g/mol. The third-order valence-electron chi connectivity index (χ3n) is 3.94. The van der Waals surface area contributed by atoms with Gasteiger partial charge in [0.25, 0.3) is 5.89 Å². The van der Waals surface area contributed by atoms with Crippen molar-refractivity contribution in [1.82, 2.24) is 10.2 Å². The van der Waals surface area contributed by atoms with Crippen molar-refractivity contribution in [2.45, 2.75) is 19.4 Å². The predicted octanol–water partition coefficient (Wildman–Crippen LogP) is 4.08. The molecule has 28 heavy (non-hydrogen) atoms. The van der Waals surface area contributed by atoms with E-state index in [1.54, 1.807) is 44.6 Å². The standard InChI is InChI=1S/C20H19ClN2O5/c1-25-16-9-13(10-17(11-16)26-2)3-8-19(24)27-12-18-22-23-20(28-18)14-4-6-15(21)7-5-14/h4-7,9-11H,3,8,12H2,1-2H3. The molecule has 2 aromatic carbocycles. The summed E-state index contributed by atoms with van der Waals surface area (Å²) in [5.41, 5.74) is 1.65. The third-order valence-corrected chi connectivity index (χ3v) is 4.20. The number of ether oxygens (including phenoxy) is 3. The lowest BCUT2D eigenvalue weighted by atomic mass is 10.1. The average molecular weight is 403 g/mol. The molecule has 0 aliphatic carbocycles. The number of benzene rings is 2. The van der Waals surface area contributed by atoms with Gasteiger partial charge in [-0.05, 0) is 48.4 Å². The highest BCUT2D eigenvalue weighted by molar-refractivity contribution is 6.30. The van der Waals surface area contributed by atoms with Crippen molar-refractivity contribution in [3.05, 3.63) is 58.9 Å². The molecule has 0 atom stereocenters. The number of rotatable bonds is 8. The van der Waals surface area contributed by atoms with Crippen molar-refractivity contribution in [2.24, 2.45) is 0 Å². The van der Waals surface area contributed by atoms with E-state index in [9.17, 15) is 4.79 Å². The number of esters is 1. The molecule has 3 aromatic rings. The van der Waals surface area contributed by atoms with Crippen molar-refractivity contribution >= 4 is 17.6 Å². The fourth-order valence-electron chi connectivity index (χ4n) is 2.49. The van der Waals surface area contributed by atoms with Crippen molar-refractivity contribution < 1.29 is 23.4 Å². The minimum absolute atomic E-state index is 0.0825. The Bertz CT molecular complexity index is 918. The Balaban J connectivity index is 1.52. The number of halogens is 1. The molecule has 1 aromatic heterocycles. The van der Waals surface area contributed by atoms with Gasteiger partial charge in [0.2, 0.25) is 5.89 Å². The van der Waals surface area contributed by atoms with E-state index in [2.05, 4.69) is 10.2 Å². The highest BCUT2D eigenvalue weighted by Crippen LogP contribution is 2.23. The lowest BCUT2D eigenvalue weighted by molar-refractivity contribution is -0.145. The molecule has 0 spiro atoms. The molecule has 0 aliphatic heterocycles. The van der Waals surface area contributed by atoms with E-state index in [0.717, 1.165) is 11.1 Å². The quantitative estimate of drug-likeness (QED) is 0.525. The van der Waals surface area contributed by atoms with Crippen molar-refractivity contribution in [1.29, 1.82) is 0 Å². The van der Waals surface area contributed by atoms with Crippen LogP contribution in [0, 0.1) is 0 Å². The number of hydrogen-bond donors (Lipinski definition) is 0. The number of carbonyl (C=O) groups is 1. The summed E-state index contributed by atoms with van der Waals surface area (Å²) in [7, 11) is 3.16. The Labute approximate surface area is 167 Å². The van der Waals surface area contributed by atoms with Crippen LogP contribution in [-0.2, 0) is 22.6 Å². The Morgan fingerprint density at radius 2 is 1.71 bits per heavy atom. The van der Waals surface area contributed by atoms with Crippen LogP contribution in [0.2, 0.25) is 5.02 Å². The maximum Gasteiger partial charge on any atom is 0.306 e. The van der Waals surface area contributed by atoms with Crippen LogP contribution in [0.5, 0.6) is 11.5 Å². The molecule has 1 heterocycles. The van der Waals surface area contributed by atoms with Gasteiger partial charge >= 0.3 is 5.97 Å². The van der Waals surface area contributed by atoms with E-state index in [1.807, 2.05) is 12.1 Å². The van der Waals surface area contributed by atoms with Crippen LogP contribution in [0.25, 0.3) is 11.5 Å². The Morgan fingerprint density at radius 1 is 1.04 bits per heavy atom. The van der Waals surface area contributed by atoms with Crippen LogP contribution >= 0.6 is 11.6 Å². The van der Waals surface area contributed by atoms with Gasteiger partial charge in [0.15, 0.2) is 6.61 Å². The van der Waals surface area contributed by atoms with Crippen LogP contribution in [0.3, 0.4) is 0 Å². The molecule has 0 aliphatic rings. The summed E-state index contributed by atoms with van der Waals surface area (Å²) in [6.45, 7) is -0.0825. The molecule has 3 rings (SSSR count). The highest BCUT2D eigenvalue weighted by atomic mass is 35.5. The zero-order valence-corrected chi connectivity index (χ0v) is 16.2. The summed E-state index contributed by atoms with van der Waals surface area (Å²) < 4.78 is 21.2. The average Bonchev–Trinajstić information content (AvgIpc) is 3.20. The molecule has 8 heteroatoms.